The highest BCUT2D eigenvalue weighted by atomic mass is 16.6. The highest BCUT2D eigenvalue weighted by Gasteiger charge is 2.73. The van der Waals surface area contributed by atoms with Gasteiger partial charge in [0, 0.05) is 12.0 Å². The van der Waals surface area contributed by atoms with Crippen LogP contribution in [0.3, 0.4) is 0 Å². The normalized spacial score (nSPS) is 56.2. The van der Waals surface area contributed by atoms with E-state index in [0.717, 1.165) is 38.5 Å². The third kappa shape index (κ3) is 1.64. The van der Waals surface area contributed by atoms with E-state index >= 15 is 0 Å². The molecule has 6 rings (SSSR count). The molecule has 1 spiro atoms. The predicted molar refractivity (Wildman–Crippen MR) is 91.1 cm³/mol. The van der Waals surface area contributed by atoms with Crippen LogP contribution in [0.4, 0.5) is 0 Å². The van der Waals surface area contributed by atoms with Gasteiger partial charge in [-0.3, -0.25) is 9.59 Å². The Balaban J connectivity index is 1.71. The zero-order chi connectivity index (χ0) is 17.6. The summed E-state index contributed by atoms with van der Waals surface area (Å²) < 4.78 is 5.17. The Morgan fingerprint density at radius 2 is 2.00 bits per heavy atom. The molecule has 25 heavy (non-hydrogen) atoms. The van der Waals surface area contributed by atoms with E-state index in [9.17, 15) is 14.7 Å². The van der Waals surface area contributed by atoms with Gasteiger partial charge in [-0.05, 0) is 60.7 Å². The van der Waals surface area contributed by atoms with E-state index in [2.05, 4.69) is 26.0 Å². The molecule has 0 radical (unpaired) electrons. The lowest BCUT2D eigenvalue weighted by Crippen LogP contribution is -2.66. The van der Waals surface area contributed by atoms with Gasteiger partial charge in [-0.1, -0.05) is 32.4 Å². The maximum atomic E-state index is 12.8. The van der Waals surface area contributed by atoms with Gasteiger partial charge >= 0.3 is 11.9 Å². The maximum absolute atomic E-state index is 12.8. The van der Waals surface area contributed by atoms with Crippen molar-refractivity contribution in [2.24, 2.45) is 45.8 Å². The van der Waals surface area contributed by atoms with Crippen LogP contribution in [0.5, 0.6) is 0 Å². The third-order valence-corrected chi connectivity index (χ3v) is 9.12. The summed E-state index contributed by atoms with van der Waals surface area (Å²) in [6.07, 6.45) is 11.0. The van der Waals surface area contributed by atoms with Crippen LogP contribution in [0.1, 0.15) is 52.4 Å². The second-order valence-corrected chi connectivity index (χ2v) is 9.85. The van der Waals surface area contributed by atoms with Crippen molar-refractivity contribution in [2.45, 2.75) is 52.4 Å². The fourth-order valence-electron chi connectivity index (χ4n) is 8.16. The SMILES string of the molecule is C[C@]1(CO)CCC[C@]2(C)[C@@H]1CC[C@H]1C[C@@H]3C=C[C@]12[C@H]1C(=O)OC(=O)[C@H]31. The topological polar surface area (TPSA) is 63.6 Å². The lowest BCUT2D eigenvalue weighted by molar-refractivity contribution is -0.204. The van der Waals surface area contributed by atoms with Gasteiger partial charge < -0.3 is 9.84 Å². The van der Waals surface area contributed by atoms with Gasteiger partial charge in [0.05, 0.1) is 11.8 Å². The monoisotopic (exact) mass is 344 g/mol. The summed E-state index contributed by atoms with van der Waals surface area (Å²) >= 11 is 0. The van der Waals surface area contributed by atoms with E-state index in [1.54, 1.807) is 0 Å². The molecule has 136 valence electrons. The van der Waals surface area contributed by atoms with Crippen molar-refractivity contribution < 1.29 is 19.4 Å². The third-order valence-electron chi connectivity index (χ3n) is 9.12. The first-order chi connectivity index (χ1) is 11.9. The molecule has 0 unspecified atom stereocenters. The Kier molecular flexibility index (Phi) is 3.06. The average Bonchev–Trinajstić information content (AvgIpc) is 2.91. The Morgan fingerprint density at radius 1 is 1.20 bits per heavy atom. The second-order valence-electron chi connectivity index (χ2n) is 9.85. The Bertz CT molecular complexity index is 683. The molecule has 0 amide bonds. The lowest BCUT2D eigenvalue weighted by atomic mass is 9.33. The second kappa shape index (κ2) is 4.76. The number of rotatable bonds is 1. The van der Waals surface area contributed by atoms with E-state index in [-0.39, 0.29) is 52.5 Å². The van der Waals surface area contributed by atoms with E-state index in [1.807, 2.05) is 0 Å². The quantitative estimate of drug-likeness (QED) is 0.451. The van der Waals surface area contributed by atoms with Gasteiger partial charge in [-0.25, -0.2) is 0 Å². The number of carbonyl (C=O) groups is 2. The van der Waals surface area contributed by atoms with E-state index in [0.29, 0.717) is 11.8 Å². The van der Waals surface area contributed by atoms with Crippen molar-refractivity contribution in [1.29, 1.82) is 0 Å². The molecule has 4 fully saturated rings. The van der Waals surface area contributed by atoms with E-state index in [1.165, 1.54) is 0 Å². The van der Waals surface area contributed by atoms with Gasteiger partial charge in [0.1, 0.15) is 0 Å². The number of carbonyl (C=O) groups excluding carboxylic acids is 2. The van der Waals surface area contributed by atoms with Crippen molar-refractivity contribution in [3.8, 4) is 0 Å². The molecule has 0 aromatic carbocycles. The lowest BCUT2D eigenvalue weighted by Gasteiger charge is -2.69. The number of fused-ring (bicyclic) bond motifs is 1. The molecule has 3 saturated carbocycles. The first-order valence-electron chi connectivity index (χ1n) is 9.93. The molecule has 1 aliphatic heterocycles. The molecule has 0 aromatic heterocycles. The summed E-state index contributed by atoms with van der Waals surface area (Å²) in [4.78, 5) is 25.2. The Hall–Kier alpha value is -1.16. The fraction of sp³-hybridized carbons (Fsp3) is 0.810. The van der Waals surface area contributed by atoms with Crippen molar-refractivity contribution in [3.63, 3.8) is 0 Å². The summed E-state index contributed by atoms with van der Waals surface area (Å²) in [7, 11) is 0. The van der Waals surface area contributed by atoms with Crippen molar-refractivity contribution >= 4 is 11.9 Å². The number of hydrogen-bond donors (Lipinski definition) is 1. The molecular formula is C21H28O4. The van der Waals surface area contributed by atoms with Crippen LogP contribution in [-0.2, 0) is 14.3 Å². The van der Waals surface area contributed by atoms with Crippen molar-refractivity contribution in [1.82, 2.24) is 0 Å². The zero-order valence-electron chi connectivity index (χ0n) is 15.2. The minimum Gasteiger partial charge on any atom is -0.396 e. The summed E-state index contributed by atoms with van der Waals surface area (Å²) in [5.41, 5.74) is -0.410. The van der Waals surface area contributed by atoms with Crippen molar-refractivity contribution in [2.75, 3.05) is 6.61 Å². The number of allylic oxidation sites excluding steroid dienone is 2. The highest BCUT2D eigenvalue weighted by Crippen LogP contribution is 2.75. The average molecular weight is 344 g/mol. The molecule has 1 heterocycles. The van der Waals surface area contributed by atoms with Gasteiger partial charge in [-0.2, -0.15) is 0 Å². The predicted octanol–water partition coefficient (Wildman–Crippen LogP) is 3.09. The van der Waals surface area contributed by atoms with Crippen LogP contribution in [-0.4, -0.2) is 23.7 Å². The molecule has 5 aliphatic carbocycles. The molecular weight excluding hydrogens is 316 g/mol. The molecule has 1 N–H and O–H groups in total. The summed E-state index contributed by atoms with van der Waals surface area (Å²) in [5, 5.41) is 10.2. The highest BCUT2D eigenvalue weighted by molar-refractivity contribution is 5.98. The molecule has 4 nitrogen and oxygen atoms in total. The fourth-order valence-corrected chi connectivity index (χ4v) is 8.16. The number of aliphatic hydroxyl groups excluding tert-OH is 1. The van der Waals surface area contributed by atoms with Gasteiger partial charge in [0.2, 0.25) is 0 Å². The molecule has 2 bridgehead atoms. The van der Waals surface area contributed by atoms with E-state index < -0.39 is 0 Å². The van der Waals surface area contributed by atoms with Crippen LogP contribution in [0.15, 0.2) is 12.2 Å². The van der Waals surface area contributed by atoms with Gasteiger partial charge in [-0.15, -0.1) is 0 Å². The van der Waals surface area contributed by atoms with Gasteiger partial charge in [0.15, 0.2) is 0 Å². The molecule has 4 heteroatoms. The Morgan fingerprint density at radius 3 is 2.76 bits per heavy atom. The van der Waals surface area contributed by atoms with E-state index in [4.69, 9.17) is 4.74 Å². The van der Waals surface area contributed by atoms with Crippen LogP contribution < -0.4 is 0 Å². The minimum atomic E-state index is -0.303. The standard InChI is InChI=1S/C21H28O4/c1-19(11-22)7-3-8-20(2)14(19)5-4-13-10-12-6-9-21(13,20)16-15(12)17(23)25-18(16)24/h6,9,12-16,22H,3-5,7-8,10-11H2,1-2H3/t12-,13-,14+,15+,16+,19+,20+,21+/m0/s1. The van der Waals surface area contributed by atoms with Crippen LogP contribution in [0, 0.1) is 45.8 Å². The summed E-state index contributed by atoms with van der Waals surface area (Å²) in [6, 6.07) is 0. The summed E-state index contributed by atoms with van der Waals surface area (Å²) in [6.45, 7) is 4.78. The smallest absolute Gasteiger partial charge is 0.318 e. The Labute approximate surface area is 149 Å². The number of aliphatic hydroxyl groups is 1. The van der Waals surface area contributed by atoms with Gasteiger partial charge in [0.25, 0.3) is 0 Å². The molecule has 6 aliphatic rings. The number of ether oxygens (including phenoxy) is 1. The number of cyclic esters (lactones) is 2. The first-order valence-corrected chi connectivity index (χ1v) is 9.93. The van der Waals surface area contributed by atoms with Crippen LogP contribution in [0.2, 0.25) is 0 Å². The molecule has 1 saturated heterocycles. The minimum absolute atomic E-state index is 0.0555. The zero-order valence-corrected chi connectivity index (χ0v) is 15.2. The van der Waals surface area contributed by atoms with Crippen molar-refractivity contribution in [3.05, 3.63) is 12.2 Å². The van der Waals surface area contributed by atoms with Crippen LogP contribution >= 0.6 is 0 Å². The maximum Gasteiger partial charge on any atom is 0.318 e. The van der Waals surface area contributed by atoms with Crippen LogP contribution in [0.25, 0.3) is 0 Å². The number of esters is 2. The summed E-state index contributed by atoms with van der Waals surface area (Å²) in [5.74, 6) is -0.137. The number of hydrogen-bond acceptors (Lipinski definition) is 4. The molecule has 8 atom stereocenters. The largest absolute Gasteiger partial charge is 0.396 e. The first kappa shape index (κ1) is 16.0. The molecule has 0 aromatic rings.